The third kappa shape index (κ3) is 1.59. The quantitative estimate of drug-likeness (QED) is 0.745. The Hall–Kier alpha value is -2.06. The second-order valence-corrected chi connectivity index (χ2v) is 3.57. The molecule has 0 saturated carbocycles. The number of rotatable bonds is 1. The molecule has 3 amide bonds. The first kappa shape index (κ1) is 10.5. The first-order valence-electron chi connectivity index (χ1n) is 4.44. The van der Waals surface area contributed by atoms with Gasteiger partial charge in [0.1, 0.15) is 6.07 Å². The third-order valence-corrected chi connectivity index (χ3v) is 2.49. The van der Waals surface area contributed by atoms with Gasteiger partial charge in [0, 0.05) is 0 Å². The molecule has 1 aliphatic heterocycles. The zero-order valence-corrected chi connectivity index (χ0v) is 8.78. The summed E-state index contributed by atoms with van der Waals surface area (Å²) in [6, 6.07) is 5.81. The molecule has 0 atom stereocenters. The highest BCUT2D eigenvalue weighted by Gasteiger charge is 2.30. The summed E-state index contributed by atoms with van der Waals surface area (Å²) in [7, 11) is 0. The Morgan fingerprint density at radius 1 is 1.44 bits per heavy atom. The molecule has 1 N–H and O–H groups in total. The molecular formula is C10H6ClN3O2. The van der Waals surface area contributed by atoms with Crippen LogP contribution in [-0.2, 0) is 4.79 Å². The van der Waals surface area contributed by atoms with Crippen LogP contribution in [0.5, 0.6) is 0 Å². The summed E-state index contributed by atoms with van der Waals surface area (Å²) in [5, 5.41) is 11.3. The molecule has 1 fully saturated rings. The fourth-order valence-corrected chi connectivity index (χ4v) is 1.63. The normalized spacial score (nSPS) is 14.9. The lowest BCUT2D eigenvalue weighted by Gasteiger charge is -2.12. The lowest BCUT2D eigenvalue weighted by atomic mass is 10.2. The summed E-state index contributed by atoms with van der Waals surface area (Å²) in [6.45, 7) is -0.0174. The number of benzene rings is 1. The average Bonchev–Trinajstić information content (AvgIpc) is 2.58. The van der Waals surface area contributed by atoms with Gasteiger partial charge in [-0.2, -0.15) is 5.26 Å². The van der Waals surface area contributed by atoms with E-state index in [4.69, 9.17) is 16.9 Å². The number of urea groups is 1. The van der Waals surface area contributed by atoms with E-state index in [1.165, 1.54) is 18.2 Å². The summed E-state index contributed by atoms with van der Waals surface area (Å²) in [5.41, 5.74) is 0.668. The van der Waals surface area contributed by atoms with Crippen LogP contribution in [0.2, 0.25) is 5.02 Å². The van der Waals surface area contributed by atoms with Crippen LogP contribution in [0.15, 0.2) is 18.2 Å². The minimum absolute atomic E-state index is 0.0174. The summed E-state index contributed by atoms with van der Waals surface area (Å²) in [5.74, 6) is -0.342. The highest BCUT2D eigenvalue weighted by Crippen LogP contribution is 2.24. The summed E-state index contributed by atoms with van der Waals surface area (Å²) in [6.07, 6.45) is 0. The largest absolute Gasteiger partial charge is 0.329 e. The molecule has 1 aromatic rings. The molecule has 0 unspecified atom stereocenters. The van der Waals surface area contributed by atoms with E-state index in [0.717, 1.165) is 4.90 Å². The van der Waals surface area contributed by atoms with Crippen LogP contribution in [-0.4, -0.2) is 18.5 Å². The Morgan fingerprint density at radius 3 is 2.69 bits per heavy atom. The van der Waals surface area contributed by atoms with Crippen molar-refractivity contribution < 1.29 is 9.59 Å². The van der Waals surface area contributed by atoms with Crippen molar-refractivity contribution in [3.8, 4) is 6.07 Å². The summed E-state index contributed by atoms with van der Waals surface area (Å²) >= 11 is 5.81. The van der Waals surface area contributed by atoms with Crippen LogP contribution >= 0.6 is 11.6 Å². The zero-order valence-electron chi connectivity index (χ0n) is 8.03. The van der Waals surface area contributed by atoms with E-state index in [0.29, 0.717) is 11.3 Å². The first-order valence-corrected chi connectivity index (χ1v) is 4.81. The molecule has 5 nitrogen and oxygen atoms in total. The summed E-state index contributed by atoms with van der Waals surface area (Å²) in [4.78, 5) is 23.7. The van der Waals surface area contributed by atoms with E-state index in [1.807, 2.05) is 6.07 Å². The highest BCUT2D eigenvalue weighted by molar-refractivity contribution is 6.32. The number of carbonyl (C=O) groups is 2. The van der Waals surface area contributed by atoms with Gasteiger partial charge in [0.15, 0.2) is 0 Å². The highest BCUT2D eigenvalue weighted by atomic mass is 35.5. The van der Waals surface area contributed by atoms with E-state index in [2.05, 4.69) is 5.32 Å². The van der Waals surface area contributed by atoms with Crippen molar-refractivity contribution in [1.29, 1.82) is 5.26 Å². The van der Waals surface area contributed by atoms with Crippen LogP contribution in [0.3, 0.4) is 0 Å². The van der Waals surface area contributed by atoms with Crippen molar-refractivity contribution >= 4 is 29.2 Å². The van der Waals surface area contributed by atoms with Gasteiger partial charge in [-0.1, -0.05) is 11.6 Å². The van der Waals surface area contributed by atoms with Gasteiger partial charge < -0.3 is 5.32 Å². The minimum Gasteiger partial charge on any atom is -0.328 e. The Balaban J connectivity index is 2.42. The smallest absolute Gasteiger partial charge is 0.328 e. The van der Waals surface area contributed by atoms with E-state index in [9.17, 15) is 9.59 Å². The molecule has 1 heterocycles. The minimum atomic E-state index is -0.481. The van der Waals surface area contributed by atoms with Gasteiger partial charge >= 0.3 is 6.03 Å². The third-order valence-electron chi connectivity index (χ3n) is 2.17. The predicted octanol–water partition coefficient (Wildman–Crippen LogP) is 1.27. The van der Waals surface area contributed by atoms with Crippen LogP contribution in [0.4, 0.5) is 10.5 Å². The molecule has 0 aliphatic carbocycles. The Labute approximate surface area is 96.2 Å². The van der Waals surface area contributed by atoms with Crippen molar-refractivity contribution in [3.63, 3.8) is 0 Å². The Morgan fingerprint density at radius 2 is 2.19 bits per heavy atom. The van der Waals surface area contributed by atoms with E-state index < -0.39 is 6.03 Å². The molecule has 0 aromatic heterocycles. The first-order chi connectivity index (χ1) is 7.63. The lowest BCUT2D eigenvalue weighted by Crippen LogP contribution is -2.30. The number of nitrogens with zero attached hydrogens (tertiary/aromatic N) is 2. The van der Waals surface area contributed by atoms with Crippen molar-refractivity contribution in [2.24, 2.45) is 0 Å². The van der Waals surface area contributed by atoms with Crippen LogP contribution in [0.1, 0.15) is 5.56 Å². The topological polar surface area (TPSA) is 73.2 Å². The van der Waals surface area contributed by atoms with Gasteiger partial charge in [-0.25, -0.2) is 9.69 Å². The number of hydrogen-bond donors (Lipinski definition) is 1. The maximum Gasteiger partial charge on any atom is 0.329 e. The van der Waals surface area contributed by atoms with Crippen LogP contribution < -0.4 is 10.2 Å². The number of nitriles is 1. The van der Waals surface area contributed by atoms with Gasteiger partial charge in [-0.15, -0.1) is 0 Å². The van der Waals surface area contributed by atoms with Gasteiger partial charge in [-0.3, -0.25) is 4.79 Å². The molecule has 0 spiro atoms. The molecule has 6 heteroatoms. The standard InChI is InChI=1S/C10H6ClN3O2/c11-8-3-7(2-1-6(8)4-12)14-9(15)5-13-10(14)16/h1-3H,5H2,(H,13,16). The van der Waals surface area contributed by atoms with E-state index >= 15 is 0 Å². The lowest BCUT2D eigenvalue weighted by molar-refractivity contribution is -0.115. The molecule has 0 radical (unpaired) electrons. The second kappa shape index (κ2) is 3.83. The van der Waals surface area contributed by atoms with E-state index in [-0.39, 0.29) is 17.5 Å². The van der Waals surface area contributed by atoms with Crippen molar-refractivity contribution in [2.45, 2.75) is 0 Å². The number of anilines is 1. The molecule has 16 heavy (non-hydrogen) atoms. The van der Waals surface area contributed by atoms with Crippen LogP contribution in [0.25, 0.3) is 0 Å². The molecule has 0 bridgehead atoms. The van der Waals surface area contributed by atoms with Crippen molar-refractivity contribution in [2.75, 3.05) is 11.4 Å². The monoisotopic (exact) mass is 235 g/mol. The molecule has 1 aliphatic rings. The summed E-state index contributed by atoms with van der Waals surface area (Å²) < 4.78 is 0. The molecule has 1 aromatic carbocycles. The number of hydrogen-bond acceptors (Lipinski definition) is 3. The number of nitrogens with one attached hydrogen (secondary N) is 1. The fraction of sp³-hybridized carbons (Fsp3) is 0.100. The number of carbonyl (C=O) groups excluding carboxylic acids is 2. The van der Waals surface area contributed by atoms with Gasteiger partial charge in [0.2, 0.25) is 0 Å². The fourth-order valence-electron chi connectivity index (χ4n) is 1.42. The predicted molar refractivity (Wildman–Crippen MR) is 57.1 cm³/mol. The Bertz CT molecular complexity index is 505. The van der Waals surface area contributed by atoms with Crippen LogP contribution in [0, 0.1) is 11.3 Å². The maximum absolute atomic E-state index is 11.4. The maximum atomic E-state index is 11.4. The zero-order chi connectivity index (χ0) is 11.7. The Kier molecular flexibility index (Phi) is 2.50. The molecule has 2 rings (SSSR count). The van der Waals surface area contributed by atoms with Gasteiger partial charge in [0.05, 0.1) is 22.8 Å². The van der Waals surface area contributed by atoms with E-state index in [1.54, 1.807) is 0 Å². The SMILES string of the molecule is N#Cc1ccc(N2C(=O)CNC2=O)cc1Cl. The second-order valence-electron chi connectivity index (χ2n) is 3.16. The number of halogens is 1. The molecular weight excluding hydrogens is 230 g/mol. The van der Waals surface area contributed by atoms with Crippen molar-refractivity contribution in [3.05, 3.63) is 28.8 Å². The van der Waals surface area contributed by atoms with Gasteiger partial charge in [-0.05, 0) is 18.2 Å². The number of imide groups is 1. The average molecular weight is 236 g/mol. The molecule has 1 saturated heterocycles. The van der Waals surface area contributed by atoms with Crippen molar-refractivity contribution in [1.82, 2.24) is 5.32 Å². The molecule has 80 valence electrons. The number of amides is 3. The van der Waals surface area contributed by atoms with Gasteiger partial charge in [0.25, 0.3) is 5.91 Å².